The maximum absolute atomic E-state index is 11.9. The van der Waals surface area contributed by atoms with Crippen LogP contribution in [0, 0.1) is 5.41 Å². The molecule has 1 saturated heterocycles. The van der Waals surface area contributed by atoms with Gasteiger partial charge in [0, 0.05) is 18.8 Å². The summed E-state index contributed by atoms with van der Waals surface area (Å²) in [5, 5.41) is 13.1. The molecule has 1 amide bonds. The topological polar surface area (TPSA) is 113 Å². The predicted molar refractivity (Wildman–Crippen MR) is 84.9 cm³/mol. The Morgan fingerprint density at radius 3 is 2.91 bits per heavy atom. The number of hydrogen-bond donors (Lipinski definition) is 4. The Bertz CT molecular complexity index is 594. The fraction of sp³-hybridized carbons (Fsp3) is 0.357. The molecule has 1 atom stereocenters. The Morgan fingerprint density at radius 1 is 1.59 bits per heavy atom. The lowest BCUT2D eigenvalue weighted by Gasteiger charge is -2.23. The molecular formula is C14H18ClN5O2. The van der Waals surface area contributed by atoms with Crippen molar-refractivity contribution < 1.29 is 9.53 Å². The third-order valence-corrected chi connectivity index (χ3v) is 3.60. The Kier molecular flexibility index (Phi) is 5.48. The molecule has 5 N–H and O–H groups in total. The van der Waals surface area contributed by atoms with Crippen LogP contribution in [-0.4, -0.2) is 36.3 Å². The zero-order valence-electron chi connectivity index (χ0n) is 12.1. The monoisotopic (exact) mass is 323 g/mol. The number of ether oxygens (including phenoxy) is 1. The highest BCUT2D eigenvalue weighted by atomic mass is 35.5. The van der Waals surface area contributed by atoms with Gasteiger partial charge in [0.1, 0.15) is 11.8 Å². The number of amides is 1. The Hall–Kier alpha value is -1.96. The summed E-state index contributed by atoms with van der Waals surface area (Å²) in [6.07, 6.45) is 1.45. The van der Waals surface area contributed by atoms with Crippen LogP contribution in [-0.2, 0) is 9.53 Å². The minimum Gasteiger partial charge on any atom is -0.393 e. The van der Waals surface area contributed by atoms with Gasteiger partial charge in [-0.25, -0.2) is 0 Å². The summed E-state index contributed by atoms with van der Waals surface area (Å²) in [5.41, 5.74) is 6.73. The van der Waals surface area contributed by atoms with Gasteiger partial charge in [0.25, 0.3) is 5.91 Å². The van der Waals surface area contributed by atoms with E-state index in [2.05, 4.69) is 15.6 Å². The van der Waals surface area contributed by atoms with Gasteiger partial charge in [-0.3, -0.25) is 9.78 Å². The molecule has 2 rings (SSSR count). The minimum atomic E-state index is -0.568. The molecule has 0 radical (unpaired) electrons. The summed E-state index contributed by atoms with van der Waals surface area (Å²) in [4.78, 5) is 16.2. The number of halogens is 1. The zero-order valence-corrected chi connectivity index (χ0v) is 12.9. The number of carbonyl (C=O) groups is 1. The molecule has 1 aliphatic rings. The first-order valence-corrected chi connectivity index (χ1v) is 7.17. The van der Waals surface area contributed by atoms with Gasteiger partial charge < -0.3 is 26.5 Å². The van der Waals surface area contributed by atoms with Crippen LogP contribution < -0.4 is 16.4 Å². The number of morpholine rings is 1. The lowest BCUT2D eigenvalue weighted by atomic mass is 10.2. The van der Waals surface area contributed by atoms with E-state index in [9.17, 15) is 4.79 Å². The highest BCUT2D eigenvalue weighted by Crippen LogP contribution is 2.18. The number of nitrogens with zero attached hydrogens (tertiary/aromatic N) is 1. The number of pyridine rings is 1. The van der Waals surface area contributed by atoms with Crippen LogP contribution in [0.5, 0.6) is 0 Å². The van der Waals surface area contributed by atoms with Crippen LogP contribution in [0.4, 0.5) is 5.69 Å². The van der Waals surface area contributed by atoms with Crippen molar-refractivity contribution in [2.24, 2.45) is 5.73 Å². The van der Waals surface area contributed by atoms with Crippen molar-refractivity contribution in [3.05, 3.63) is 34.8 Å². The second-order valence-corrected chi connectivity index (χ2v) is 5.22. The molecule has 22 heavy (non-hydrogen) atoms. The van der Waals surface area contributed by atoms with Crippen LogP contribution in [0.25, 0.3) is 0 Å². The van der Waals surface area contributed by atoms with Gasteiger partial charge in [-0.1, -0.05) is 11.6 Å². The summed E-state index contributed by atoms with van der Waals surface area (Å²) in [5.74, 6) is -0.568. The molecule has 2 heterocycles. The van der Waals surface area contributed by atoms with Crippen LogP contribution in [0.2, 0.25) is 0 Å². The second kappa shape index (κ2) is 7.35. The first kappa shape index (κ1) is 16.4. The highest BCUT2D eigenvalue weighted by Gasteiger charge is 2.17. The second-order valence-electron chi connectivity index (χ2n) is 4.84. The van der Waals surface area contributed by atoms with Crippen LogP contribution in [0.3, 0.4) is 0 Å². The summed E-state index contributed by atoms with van der Waals surface area (Å²) in [7, 11) is 0. The molecule has 1 fully saturated rings. The molecule has 0 saturated carbocycles. The van der Waals surface area contributed by atoms with Gasteiger partial charge >= 0.3 is 0 Å². The third kappa shape index (κ3) is 4.03. The van der Waals surface area contributed by atoms with Crippen LogP contribution in [0.1, 0.15) is 18.7 Å². The van der Waals surface area contributed by atoms with E-state index < -0.39 is 5.91 Å². The molecule has 0 spiro atoms. The van der Waals surface area contributed by atoms with E-state index in [1.165, 1.54) is 13.1 Å². The SMILES string of the molecule is CC(=N)/C(Cl)=C(\N)C(=O)Nc1ccc([C@H]2CNCCO2)nc1. The quantitative estimate of drug-likeness (QED) is 0.490. The molecule has 0 aromatic carbocycles. The van der Waals surface area contributed by atoms with Gasteiger partial charge in [-0.2, -0.15) is 0 Å². The van der Waals surface area contributed by atoms with Gasteiger partial charge in [0.15, 0.2) is 0 Å². The van der Waals surface area contributed by atoms with Crippen molar-refractivity contribution in [3.8, 4) is 0 Å². The van der Waals surface area contributed by atoms with E-state index >= 15 is 0 Å². The smallest absolute Gasteiger partial charge is 0.273 e. The number of hydrogen-bond acceptors (Lipinski definition) is 6. The normalized spacial score (nSPS) is 19.3. The maximum atomic E-state index is 11.9. The summed E-state index contributed by atoms with van der Waals surface area (Å²) >= 11 is 5.78. The zero-order chi connectivity index (χ0) is 16.1. The number of allylic oxidation sites excluding steroid dienone is 1. The number of aromatic nitrogens is 1. The van der Waals surface area contributed by atoms with Crippen molar-refractivity contribution in [1.29, 1.82) is 5.41 Å². The van der Waals surface area contributed by atoms with E-state index in [0.29, 0.717) is 18.8 Å². The first-order valence-electron chi connectivity index (χ1n) is 6.79. The van der Waals surface area contributed by atoms with E-state index in [-0.39, 0.29) is 22.5 Å². The molecule has 118 valence electrons. The maximum Gasteiger partial charge on any atom is 0.273 e. The number of nitrogens with one attached hydrogen (secondary N) is 3. The third-order valence-electron chi connectivity index (χ3n) is 3.11. The molecule has 7 nitrogen and oxygen atoms in total. The lowest BCUT2D eigenvalue weighted by Crippen LogP contribution is -2.33. The molecule has 0 bridgehead atoms. The van der Waals surface area contributed by atoms with Gasteiger partial charge in [0.05, 0.1) is 29.2 Å². The standard InChI is InChI=1S/C14H18ClN5O2/c1-8(16)12(15)13(17)14(21)20-9-2-3-10(19-6-9)11-7-18-4-5-22-11/h2-3,6,11,16,18H,4-5,7,17H2,1H3,(H,20,21)/b13-12+,16-8?/t11-/m1/s1. The molecule has 0 aliphatic carbocycles. The van der Waals surface area contributed by atoms with Crippen LogP contribution >= 0.6 is 11.6 Å². The molecule has 1 aliphatic heterocycles. The predicted octanol–water partition coefficient (Wildman–Crippen LogP) is 1.13. The summed E-state index contributed by atoms with van der Waals surface area (Å²) in [6, 6.07) is 3.51. The Labute approximate surface area is 133 Å². The van der Waals surface area contributed by atoms with Crippen molar-refractivity contribution in [3.63, 3.8) is 0 Å². The van der Waals surface area contributed by atoms with E-state index in [4.69, 9.17) is 27.5 Å². The Morgan fingerprint density at radius 2 is 2.36 bits per heavy atom. The largest absolute Gasteiger partial charge is 0.393 e. The fourth-order valence-corrected chi connectivity index (χ4v) is 2.01. The summed E-state index contributed by atoms with van der Waals surface area (Å²) in [6.45, 7) is 3.65. The molecule has 1 aromatic rings. The van der Waals surface area contributed by atoms with E-state index in [1.54, 1.807) is 12.1 Å². The molecule has 8 heteroatoms. The number of anilines is 1. The summed E-state index contributed by atoms with van der Waals surface area (Å²) < 4.78 is 5.60. The number of rotatable bonds is 4. The molecule has 1 aromatic heterocycles. The van der Waals surface area contributed by atoms with Crippen LogP contribution in [0.15, 0.2) is 29.1 Å². The van der Waals surface area contributed by atoms with E-state index in [0.717, 1.165) is 12.2 Å². The lowest BCUT2D eigenvalue weighted by molar-refractivity contribution is -0.112. The average Bonchev–Trinajstić information content (AvgIpc) is 2.54. The molecular weight excluding hydrogens is 306 g/mol. The van der Waals surface area contributed by atoms with Crippen molar-refractivity contribution in [2.75, 3.05) is 25.0 Å². The molecule has 0 unspecified atom stereocenters. The number of nitrogens with two attached hydrogens (primary N) is 1. The van der Waals surface area contributed by atoms with Gasteiger partial charge in [-0.15, -0.1) is 0 Å². The fourth-order valence-electron chi connectivity index (χ4n) is 1.93. The van der Waals surface area contributed by atoms with Crippen molar-refractivity contribution in [1.82, 2.24) is 10.3 Å². The van der Waals surface area contributed by atoms with Crippen molar-refractivity contribution in [2.45, 2.75) is 13.0 Å². The highest BCUT2D eigenvalue weighted by molar-refractivity contribution is 6.44. The first-order chi connectivity index (χ1) is 10.5. The van der Waals surface area contributed by atoms with Crippen molar-refractivity contribution >= 4 is 28.9 Å². The van der Waals surface area contributed by atoms with Gasteiger partial charge in [0.2, 0.25) is 0 Å². The number of carbonyl (C=O) groups excluding carboxylic acids is 1. The Balaban J connectivity index is 2.03. The average molecular weight is 324 g/mol. The van der Waals surface area contributed by atoms with Gasteiger partial charge in [-0.05, 0) is 19.1 Å². The van der Waals surface area contributed by atoms with E-state index in [1.807, 2.05) is 0 Å². The minimum absolute atomic E-state index is 0.0322.